The van der Waals surface area contributed by atoms with E-state index < -0.39 is 0 Å². The number of aryl methyl sites for hydroxylation is 1. The van der Waals surface area contributed by atoms with Gasteiger partial charge in [-0.2, -0.15) is 10.2 Å². The average Bonchev–Trinajstić information content (AvgIpc) is 2.30. The van der Waals surface area contributed by atoms with Crippen LogP contribution < -0.4 is 0 Å². The Morgan fingerprint density at radius 3 is 2.57 bits per heavy atom. The topological polar surface area (TPSA) is 25.8 Å². The van der Waals surface area contributed by atoms with Crippen molar-refractivity contribution in [3.63, 3.8) is 0 Å². The van der Waals surface area contributed by atoms with Crippen molar-refractivity contribution in [1.82, 2.24) is 10.2 Å². The Morgan fingerprint density at radius 1 is 1.07 bits per heavy atom. The van der Waals surface area contributed by atoms with Crippen LogP contribution in [0.4, 0.5) is 0 Å². The molecule has 70 valence electrons. The molecule has 14 heavy (non-hydrogen) atoms. The summed E-state index contributed by atoms with van der Waals surface area (Å²) in [7, 11) is 0. The fourth-order valence-electron chi connectivity index (χ4n) is 1.50. The summed E-state index contributed by atoms with van der Waals surface area (Å²) >= 11 is 0. The fraction of sp³-hybridized carbons (Fsp3) is 0.167. The predicted molar refractivity (Wildman–Crippen MR) is 56.8 cm³/mol. The Balaban J connectivity index is 2.51. The minimum atomic E-state index is 0.915. The lowest BCUT2D eigenvalue weighted by atomic mass is 10.0. The molecule has 0 fully saturated rings. The summed E-state index contributed by atoms with van der Waals surface area (Å²) in [5.74, 6) is 0. The van der Waals surface area contributed by atoms with Crippen LogP contribution in [0.3, 0.4) is 0 Å². The highest BCUT2D eigenvalue weighted by Crippen LogP contribution is 2.20. The van der Waals surface area contributed by atoms with Crippen molar-refractivity contribution in [3.8, 4) is 11.1 Å². The van der Waals surface area contributed by atoms with E-state index in [2.05, 4.69) is 29.3 Å². The average molecular weight is 184 g/mol. The van der Waals surface area contributed by atoms with Gasteiger partial charge in [-0.25, -0.2) is 0 Å². The lowest BCUT2D eigenvalue weighted by Gasteiger charge is -2.04. The summed E-state index contributed by atoms with van der Waals surface area (Å²) in [5, 5.41) is 8.02. The molecule has 0 N–H and O–H groups in total. The van der Waals surface area contributed by atoms with Crippen molar-refractivity contribution in [2.75, 3.05) is 0 Å². The van der Waals surface area contributed by atoms with Gasteiger partial charge in [-0.1, -0.05) is 37.3 Å². The van der Waals surface area contributed by atoms with Gasteiger partial charge < -0.3 is 0 Å². The highest BCUT2D eigenvalue weighted by atomic mass is 15.1. The van der Waals surface area contributed by atoms with E-state index in [1.165, 1.54) is 11.1 Å². The Kier molecular flexibility index (Phi) is 2.54. The van der Waals surface area contributed by atoms with Gasteiger partial charge in [0.1, 0.15) is 0 Å². The predicted octanol–water partition coefficient (Wildman–Crippen LogP) is 2.71. The monoisotopic (exact) mass is 184 g/mol. The van der Waals surface area contributed by atoms with Crippen LogP contribution in [0, 0.1) is 0 Å². The highest BCUT2D eigenvalue weighted by Gasteiger charge is 2.03. The number of benzene rings is 1. The van der Waals surface area contributed by atoms with Crippen molar-refractivity contribution in [2.24, 2.45) is 0 Å². The standard InChI is InChI=1S/C12H12N2/c1-2-12-11(8-9-13-14-12)10-6-4-3-5-7-10/h3-9H,2H2,1H3. The van der Waals surface area contributed by atoms with Crippen LogP contribution in [-0.2, 0) is 6.42 Å². The molecule has 0 aliphatic heterocycles. The second kappa shape index (κ2) is 4.01. The molecule has 1 aromatic carbocycles. The molecule has 0 bridgehead atoms. The molecule has 0 spiro atoms. The number of hydrogen-bond donors (Lipinski definition) is 0. The third-order valence-electron chi connectivity index (χ3n) is 2.22. The summed E-state index contributed by atoms with van der Waals surface area (Å²) in [4.78, 5) is 0. The second-order valence-corrected chi connectivity index (χ2v) is 3.11. The van der Waals surface area contributed by atoms with Crippen LogP contribution in [0.2, 0.25) is 0 Å². The number of nitrogens with zero attached hydrogens (tertiary/aromatic N) is 2. The third kappa shape index (κ3) is 1.64. The molecule has 0 saturated carbocycles. The maximum absolute atomic E-state index is 4.12. The number of hydrogen-bond acceptors (Lipinski definition) is 2. The summed E-state index contributed by atoms with van der Waals surface area (Å²) in [6.45, 7) is 2.09. The fourth-order valence-corrected chi connectivity index (χ4v) is 1.50. The van der Waals surface area contributed by atoms with Crippen LogP contribution in [0.15, 0.2) is 42.6 Å². The summed E-state index contributed by atoms with van der Waals surface area (Å²) in [5.41, 5.74) is 3.45. The van der Waals surface area contributed by atoms with E-state index in [1.54, 1.807) is 6.20 Å². The van der Waals surface area contributed by atoms with Gasteiger partial charge >= 0.3 is 0 Å². The first kappa shape index (κ1) is 8.88. The molecule has 0 amide bonds. The summed E-state index contributed by atoms with van der Waals surface area (Å²) in [6, 6.07) is 12.3. The molecular weight excluding hydrogens is 172 g/mol. The Morgan fingerprint density at radius 2 is 1.86 bits per heavy atom. The van der Waals surface area contributed by atoms with E-state index in [4.69, 9.17) is 0 Å². The molecule has 2 heteroatoms. The normalized spacial score (nSPS) is 10.1. The van der Waals surface area contributed by atoms with Crippen LogP contribution in [0.1, 0.15) is 12.6 Å². The van der Waals surface area contributed by atoms with Gasteiger partial charge in [-0.3, -0.25) is 0 Å². The second-order valence-electron chi connectivity index (χ2n) is 3.11. The van der Waals surface area contributed by atoms with Crippen molar-refractivity contribution >= 4 is 0 Å². The van der Waals surface area contributed by atoms with Gasteiger partial charge in [-0.15, -0.1) is 0 Å². The first-order chi connectivity index (χ1) is 6.92. The number of aromatic nitrogens is 2. The minimum absolute atomic E-state index is 0.915. The Hall–Kier alpha value is -1.70. The molecular formula is C12H12N2. The summed E-state index contributed by atoms with van der Waals surface area (Å²) < 4.78 is 0. The molecule has 0 aliphatic carbocycles. The molecule has 0 unspecified atom stereocenters. The molecule has 2 aromatic rings. The third-order valence-corrected chi connectivity index (χ3v) is 2.22. The number of rotatable bonds is 2. The Bertz CT molecular complexity index is 410. The lowest BCUT2D eigenvalue weighted by Crippen LogP contribution is -1.93. The SMILES string of the molecule is CCc1nnccc1-c1ccccc1. The van der Waals surface area contributed by atoms with Gasteiger partial charge in [0.05, 0.1) is 11.9 Å². The van der Waals surface area contributed by atoms with E-state index in [9.17, 15) is 0 Å². The zero-order valence-corrected chi connectivity index (χ0v) is 8.14. The van der Waals surface area contributed by atoms with Gasteiger partial charge in [-0.05, 0) is 18.1 Å². The van der Waals surface area contributed by atoms with Crippen molar-refractivity contribution in [2.45, 2.75) is 13.3 Å². The smallest absolute Gasteiger partial charge is 0.0706 e. The lowest BCUT2D eigenvalue weighted by molar-refractivity contribution is 0.922. The molecule has 2 rings (SSSR count). The largest absolute Gasteiger partial charge is 0.159 e. The molecule has 0 saturated heterocycles. The quantitative estimate of drug-likeness (QED) is 0.717. The van der Waals surface area contributed by atoms with Crippen molar-refractivity contribution in [1.29, 1.82) is 0 Å². The van der Waals surface area contributed by atoms with Crippen LogP contribution in [-0.4, -0.2) is 10.2 Å². The van der Waals surface area contributed by atoms with E-state index in [0.29, 0.717) is 0 Å². The van der Waals surface area contributed by atoms with Gasteiger partial charge in [0.2, 0.25) is 0 Å². The van der Waals surface area contributed by atoms with Crippen molar-refractivity contribution < 1.29 is 0 Å². The molecule has 2 nitrogen and oxygen atoms in total. The minimum Gasteiger partial charge on any atom is -0.159 e. The van der Waals surface area contributed by atoms with Gasteiger partial charge in [0.25, 0.3) is 0 Å². The zero-order valence-electron chi connectivity index (χ0n) is 8.14. The van der Waals surface area contributed by atoms with E-state index >= 15 is 0 Å². The molecule has 0 aliphatic rings. The Labute approximate surface area is 83.6 Å². The molecule has 0 atom stereocenters. The highest BCUT2D eigenvalue weighted by molar-refractivity contribution is 5.65. The maximum Gasteiger partial charge on any atom is 0.0706 e. The van der Waals surface area contributed by atoms with Gasteiger partial charge in [0, 0.05) is 5.56 Å². The van der Waals surface area contributed by atoms with E-state index in [1.807, 2.05) is 24.3 Å². The summed E-state index contributed by atoms with van der Waals surface area (Å²) in [6.07, 6.45) is 2.65. The van der Waals surface area contributed by atoms with Crippen LogP contribution in [0.5, 0.6) is 0 Å². The van der Waals surface area contributed by atoms with E-state index in [-0.39, 0.29) is 0 Å². The van der Waals surface area contributed by atoms with E-state index in [0.717, 1.165) is 12.1 Å². The van der Waals surface area contributed by atoms with Crippen LogP contribution in [0.25, 0.3) is 11.1 Å². The zero-order chi connectivity index (χ0) is 9.80. The van der Waals surface area contributed by atoms with Gasteiger partial charge in [0.15, 0.2) is 0 Å². The first-order valence-electron chi connectivity index (χ1n) is 4.78. The maximum atomic E-state index is 4.12. The van der Waals surface area contributed by atoms with Crippen molar-refractivity contribution in [3.05, 3.63) is 48.3 Å². The molecule has 1 heterocycles. The first-order valence-corrected chi connectivity index (χ1v) is 4.78. The van der Waals surface area contributed by atoms with Crippen LogP contribution >= 0.6 is 0 Å². The molecule has 1 aromatic heterocycles. The molecule has 0 radical (unpaired) electrons.